The number of carboxylic acid groups (broad SMARTS) is 4. The summed E-state index contributed by atoms with van der Waals surface area (Å²) < 4.78 is 4.50. The number of carboxylic acids is 4. The molecule has 1 aromatic rings. The molecule has 220 valence electrons. The van der Waals surface area contributed by atoms with Crippen molar-refractivity contribution in [3.05, 3.63) is 24.2 Å². The molecule has 1 rings (SSSR count). The molecule has 2 atom stereocenters. The highest BCUT2D eigenvalue weighted by atomic mass is 16.4. The van der Waals surface area contributed by atoms with Gasteiger partial charge in [-0.2, -0.15) is 0 Å². The lowest BCUT2D eigenvalue weighted by atomic mass is 10.0. The summed E-state index contributed by atoms with van der Waals surface area (Å²) in [6.45, 7) is 2.27. The molecular formula is C27H46O11. The van der Waals surface area contributed by atoms with Crippen molar-refractivity contribution in [2.24, 2.45) is 0 Å². The van der Waals surface area contributed by atoms with Crippen molar-refractivity contribution in [1.82, 2.24) is 0 Å². The number of unbranched alkanes of at least 4 members (excludes halogenated alkanes) is 14. The van der Waals surface area contributed by atoms with Crippen molar-refractivity contribution in [2.45, 2.75) is 122 Å². The summed E-state index contributed by atoms with van der Waals surface area (Å²) in [7, 11) is 0. The second kappa shape index (κ2) is 25.7. The molecule has 0 aromatic carbocycles. The molecule has 0 amide bonds. The molecule has 11 heteroatoms. The van der Waals surface area contributed by atoms with Gasteiger partial charge in [0.25, 0.3) is 0 Å². The van der Waals surface area contributed by atoms with Crippen LogP contribution in [0.3, 0.4) is 0 Å². The first kappa shape index (κ1) is 37.2. The fourth-order valence-electron chi connectivity index (χ4n) is 3.32. The summed E-state index contributed by atoms with van der Waals surface area (Å²) in [5, 5.41) is 49.2. The number of hydrogen-bond acceptors (Lipinski definition) is 7. The van der Waals surface area contributed by atoms with Crippen molar-refractivity contribution in [3.63, 3.8) is 0 Å². The molecule has 0 aliphatic rings. The largest absolute Gasteiger partial charge is 0.481 e. The maximum atomic E-state index is 10.3. The van der Waals surface area contributed by atoms with Gasteiger partial charge in [0, 0.05) is 6.42 Å². The third-order valence-corrected chi connectivity index (χ3v) is 5.53. The minimum atomic E-state index is -2.27. The van der Waals surface area contributed by atoms with Crippen molar-refractivity contribution in [3.8, 4) is 0 Å². The van der Waals surface area contributed by atoms with E-state index in [0.717, 1.165) is 12.8 Å². The maximum Gasteiger partial charge on any atom is 0.371 e. The molecular weight excluding hydrogens is 500 g/mol. The minimum absolute atomic E-state index is 0.0231. The number of aliphatic carboxylic acids is 3. The molecule has 0 aliphatic carbocycles. The zero-order valence-electron chi connectivity index (χ0n) is 22.4. The third-order valence-electron chi connectivity index (χ3n) is 5.53. The van der Waals surface area contributed by atoms with E-state index in [2.05, 4.69) is 11.3 Å². The van der Waals surface area contributed by atoms with Crippen LogP contribution in [0, 0.1) is 0 Å². The molecule has 0 aliphatic heterocycles. The predicted octanol–water partition coefficient (Wildman–Crippen LogP) is 5.19. The average molecular weight is 547 g/mol. The zero-order valence-corrected chi connectivity index (χ0v) is 22.4. The number of rotatable bonds is 20. The Balaban J connectivity index is 0. The maximum absolute atomic E-state index is 10.3. The first-order valence-electron chi connectivity index (χ1n) is 13.3. The van der Waals surface area contributed by atoms with Gasteiger partial charge in [-0.3, -0.25) is 4.79 Å². The molecule has 2 unspecified atom stereocenters. The highest BCUT2D eigenvalue weighted by molar-refractivity contribution is 5.84. The summed E-state index contributed by atoms with van der Waals surface area (Å²) in [6.07, 6.45) is 17.0. The van der Waals surface area contributed by atoms with Crippen LogP contribution < -0.4 is 0 Å². The van der Waals surface area contributed by atoms with Crippen molar-refractivity contribution < 1.29 is 54.2 Å². The molecule has 0 fully saturated rings. The first-order valence-corrected chi connectivity index (χ1v) is 13.3. The van der Waals surface area contributed by atoms with Gasteiger partial charge in [0.05, 0.1) is 6.26 Å². The molecule has 0 bridgehead atoms. The van der Waals surface area contributed by atoms with Crippen LogP contribution in [-0.2, 0) is 14.4 Å². The summed E-state index contributed by atoms with van der Waals surface area (Å²) in [6, 6.07) is 2.92. The van der Waals surface area contributed by atoms with E-state index in [9.17, 15) is 19.2 Å². The van der Waals surface area contributed by atoms with E-state index in [1.807, 2.05) is 0 Å². The first-order chi connectivity index (χ1) is 18.0. The topological polar surface area (TPSA) is 203 Å². The van der Waals surface area contributed by atoms with Gasteiger partial charge in [-0.25, -0.2) is 14.4 Å². The number of aromatic carboxylic acids is 1. The minimum Gasteiger partial charge on any atom is -0.481 e. The number of furan rings is 1. The van der Waals surface area contributed by atoms with Crippen molar-refractivity contribution >= 4 is 23.9 Å². The fraction of sp³-hybridized carbons (Fsp3) is 0.704. The molecule has 6 N–H and O–H groups in total. The van der Waals surface area contributed by atoms with E-state index in [1.54, 1.807) is 0 Å². The lowest BCUT2D eigenvalue weighted by Crippen LogP contribution is -2.39. The van der Waals surface area contributed by atoms with Crippen molar-refractivity contribution in [2.75, 3.05) is 0 Å². The number of aliphatic hydroxyl groups is 2. The molecule has 0 radical (unpaired) electrons. The van der Waals surface area contributed by atoms with Crippen LogP contribution in [0.1, 0.15) is 120 Å². The van der Waals surface area contributed by atoms with E-state index in [4.69, 9.17) is 30.6 Å². The monoisotopic (exact) mass is 546 g/mol. The van der Waals surface area contributed by atoms with Gasteiger partial charge in [0.2, 0.25) is 5.76 Å². The van der Waals surface area contributed by atoms with E-state index < -0.39 is 36.1 Å². The van der Waals surface area contributed by atoms with Crippen LogP contribution >= 0.6 is 0 Å². The van der Waals surface area contributed by atoms with Gasteiger partial charge in [0.1, 0.15) is 0 Å². The molecule has 1 heterocycles. The number of carbonyl (C=O) groups is 4. The van der Waals surface area contributed by atoms with E-state index in [0.29, 0.717) is 6.42 Å². The van der Waals surface area contributed by atoms with E-state index >= 15 is 0 Å². The van der Waals surface area contributed by atoms with Crippen LogP contribution in [-0.4, -0.2) is 66.7 Å². The van der Waals surface area contributed by atoms with E-state index in [-0.39, 0.29) is 5.76 Å². The molecule has 11 nitrogen and oxygen atoms in total. The Hall–Kier alpha value is -2.92. The Labute approximate surface area is 224 Å². The zero-order chi connectivity index (χ0) is 29.2. The summed E-state index contributed by atoms with van der Waals surface area (Å²) in [4.78, 5) is 39.8. The predicted molar refractivity (Wildman–Crippen MR) is 140 cm³/mol. The van der Waals surface area contributed by atoms with Crippen molar-refractivity contribution in [1.29, 1.82) is 0 Å². The second-order valence-electron chi connectivity index (χ2n) is 8.94. The summed E-state index contributed by atoms with van der Waals surface area (Å²) in [5.74, 6) is -5.25. The highest BCUT2D eigenvalue weighted by Crippen LogP contribution is 2.13. The second-order valence-corrected chi connectivity index (χ2v) is 8.94. The summed E-state index contributed by atoms with van der Waals surface area (Å²) in [5.41, 5.74) is 0. The normalized spacial score (nSPS) is 11.8. The highest BCUT2D eigenvalue weighted by Gasteiger charge is 2.29. The Kier molecular flexibility index (Phi) is 25.2. The van der Waals surface area contributed by atoms with Gasteiger partial charge in [-0.1, -0.05) is 96.8 Å². The number of hydrogen-bond donors (Lipinski definition) is 6. The standard InChI is InChI=1S/C18H36O2.C5H4O3.C4H6O6/c1-2-3-4-5-6-7-8-9-10-11-12-13-14-15-16-17-18(19)20;6-5(7)4-2-1-3-8-4;5-1(3(7)8)2(6)4(9)10/h2-17H2,1H3,(H,19,20);1-3H,(H,6,7);1-2,5-6H,(H,7,8)(H,9,10). The van der Waals surface area contributed by atoms with Gasteiger partial charge in [0.15, 0.2) is 12.2 Å². The SMILES string of the molecule is CCCCCCCCCCCCCCCCCC(=O)O.O=C(O)C(O)C(O)C(=O)O.O=C(O)c1ccco1. The Morgan fingerprint density at radius 1 is 0.658 bits per heavy atom. The average Bonchev–Trinajstić information content (AvgIpc) is 3.41. The Bertz CT molecular complexity index is 713. The fourth-order valence-corrected chi connectivity index (χ4v) is 3.32. The third kappa shape index (κ3) is 24.8. The van der Waals surface area contributed by atoms with Crippen LogP contribution in [0.25, 0.3) is 0 Å². The van der Waals surface area contributed by atoms with Crippen LogP contribution in [0.5, 0.6) is 0 Å². The van der Waals surface area contributed by atoms with Crippen LogP contribution in [0.15, 0.2) is 22.8 Å². The Morgan fingerprint density at radius 3 is 1.26 bits per heavy atom. The molecule has 0 saturated carbocycles. The lowest BCUT2D eigenvalue weighted by molar-refractivity contribution is -0.165. The molecule has 0 spiro atoms. The summed E-state index contributed by atoms with van der Waals surface area (Å²) >= 11 is 0. The molecule has 0 saturated heterocycles. The van der Waals surface area contributed by atoms with Gasteiger partial charge >= 0.3 is 23.9 Å². The van der Waals surface area contributed by atoms with Gasteiger partial charge in [-0.05, 0) is 18.6 Å². The Morgan fingerprint density at radius 2 is 1.03 bits per heavy atom. The quantitative estimate of drug-likeness (QED) is 0.117. The lowest BCUT2D eigenvalue weighted by Gasteiger charge is -2.07. The smallest absolute Gasteiger partial charge is 0.371 e. The van der Waals surface area contributed by atoms with Crippen LogP contribution in [0.4, 0.5) is 0 Å². The van der Waals surface area contributed by atoms with E-state index in [1.165, 1.54) is 102 Å². The van der Waals surface area contributed by atoms with Crippen LogP contribution in [0.2, 0.25) is 0 Å². The number of aliphatic hydroxyl groups excluding tert-OH is 2. The molecule has 38 heavy (non-hydrogen) atoms. The van der Waals surface area contributed by atoms with Gasteiger partial charge in [-0.15, -0.1) is 0 Å². The molecule has 1 aromatic heterocycles. The van der Waals surface area contributed by atoms with Gasteiger partial charge < -0.3 is 35.1 Å².